The molecule has 1 aromatic carbocycles. The second-order valence-electron chi connectivity index (χ2n) is 6.59. The number of hydrogen-bond acceptors (Lipinski definition) is 3. The molecule has 0 aromatic heterocycles. The van der Waals surface area contributed by atoms with Gasteiger partial charge in [0, 0.05) is 14.1 Å². The van der Waals surface area contributed by atoms with E-state index < -0.39 is 6.09 Å². The minimum absolute atomic E-state index is 0. The molecule has 2 rings (SSSR count). The van der Waals surface area contributed by atoms with Gasteiger partial charge in [0.15, 0.2) is 12.3 Å². The van der Waals surface area contributed by atoms with Crippen LogP contribution < -0.4 is 34.0 Å². The summed E-state index contributed by atoms with van der Waals surface area (Å²) in [7, 11) is 5.35. The number of rotatable bonds is 4. The van der Waals surface area contributed by atoms with Crippen LogP contribution in [0.2, 0.25) is 0 Å². The Hall–Kier alpha value is -1.35. The van der Waals surface area contributed by atoms with Gasteiger partial charge in [-0.3, -0.25) is 4.79 Å². The Morgan fingerprint density at radius 1 is 1.17 bits per heavy atom. The number of likely N-dealkylation sites (tertiary alicyclic amines) is 1. The molecule has 24 heavy (non-hydrogen) atoms. The van der Waals surface area contributed by atoms with E-state index in [1.807, 2.05) is 0 Å². The molecule has 0 atom stereocenters. The molecule has 0 spiro atoms. The number of amides is 2. The number of anilines is 1. The maximum atomic E-state index is 12.4. The Balaban J connectivity index is 0.00000288. The van der Waals surface area contributed by atoms with Crippen LogP contribution in [0.15, 0.2) is 24.3 Å². The summed E-state index contributed by atoms with van der Waals surface area (Å²) in [6.07, 6.45) is 3.11. The first-order valence-corrected chi connectivity index (χ1v) is 8.01. The van der Waals surface area contributed by atoms with Crippen LogP contribution in [-0.2, 0) is 4.79 Å². The van der Waals surface area contributed by atoms with Crippen LogP contribution in [0.25, 0.3) is 0 Å². The molecule has 0 saturated carbocycles. The van der Waals surface area contributed by atoms with Crippen molar-refractivity contribution < 1.29 is 42.8 Å². The van der Waals surface area contributed by atoms with Crippen molar-refractivity contribution in [2.45, 2.75) is 19.3 Å². The summed E-state index contributed by atoms with van der Waals surface area (Å²) >= 11 is 0. The fraction of sp³-hybridized carbons (Fsp3) is 0.529. The van der Waals surface area contributed by atoms with E-state index >= 15 is 0 Å². The molecule has 1 aliphatic rings. The number of benzene rings is 1. The molecule has 0 unspecified atom stereocenters. The van der Waals surface area contributed by atoms with Crippen LogP contribution in [0.5, 0.6) is 5.75 Å². The molecule has 1 heterocycles. The van der Waals surface area contributed by atoms with Gasteiger partial charge in [0.25, 0.3) is 5.91 Å². The van der Waals surface area contributed by atoms with Crippen molar-refractivity contribution in [1.29, 1.82) is 0 Å². The predicted octanol–water partition coefficient (Wildman–Crippen LogP) is -0.680. The SMILES string of the molecule is CN(C)C(=O)Oc1ccccc1NC(=O)C[N+]1(C)CCCCC1.[I-]. The number of piperidine rings is 1. The van der Waals surface area contributed by atoms with Crippen molar-refractivity contribution in [3.05, 3.63) is 24.3 Å². The monoisotopic (exact) mass is 447 g/mol. The van der Waals surface area contributed by atoms with Crippen molar-refractivity contribution in [2.75, 3.05) is 46.1 Å². The maximum Gasteiger partial charge on any atom is 0.414 e. The van der Waals surface area contributed by atoms with Gasteiger partial charge in [-0.15, -0.1) is 0 Å². The second-order valence-corrected chi connectivity index (χ2v) is 6.59. The Bertz CT molecular complexity index is 572. The summed E-state index contributed by atoms with van der Waals surface area (Å²) in [5.74, 6) is 0.309. The zero-order valence-electron chi connectivity index (χ0n) is 14.5. The van der Waals surface area contributed by atoms with Crippen LogP contribution in [0, 0.1) is 0 Å². The van der Waals surface area contributed by atoms with Crippen LogP contribution in [0.4, 0.5) is 10.5 Å². The van der Waals surface area contributed by atoms with Gasteiger partial charge in [-0.05, 0) is 31.4 Å². The van der Waals surface area contributed by atoms with Gasteiger partial charge in [0.2, 0.25) is 0 Å². The molecule has 0 bridgehead atoms. The minimum atomic E-state index is -0.471. The zero-order chi connectivity index (χ0) is 16.9. The average molecular weight is 447 g/mol. The maximum absolute atomic E-state index is 12.4. The highest BCUT2D eigenvalue weighted by Gasteiger charge is 2.28. The third-order valence-electron chi connectivity index (χ3n) is 4.14. The summed E-state index contributed by atoms with van der Waals surface area (Å²) in [5.41, 5.74) is 0.524. The first-order chi connectivity index (χ1) is 10.9. The largest absolute Gasteiger partial charge is 1.00 e. The van der Waals surface area contributed by atoms with Crippen molar-refractivity contribution in [3.63, 3.8) is 0 Å². The molecule has 1 aromatic rings. The second kappa shape index (κ2) is 9.22. The number of ether oxygens (including phenoxy) is 1. The summed E-state index contributed by atoms with van der Waals surface area (Å²) in [4.78, 5) is 25.4. The standard InChI is InChI=1S/C17H25N3O3.HI/c1-19(2)17(22)23-15-10-6-5-9-14(15)18-16(21)13-20(3)11-7-4-8-12-20;/h5-6,9-10H,4,7-8,11-13H2,1-3H3;1H. The molecule has 6 nitrogen and oxygen atoms in total. The third-order valence-corrected chi connectivity index (χ3v) is 4.14. The smallest absolute Gasteiger partial charge is 0.414 e. The Morgan fingerprint density at radius 3 is 2.42 bits per heavy atom. The molecule has 134 valence electrons. The molecule has 7 heteroatoms. The number of likely N-dealkylation sites (N-methyl/N-ethyl adjacent to an activating group) is 1. The highest BCUT2D eigenvalue weighted by atomic mass is 127. The lowest BCUT2D eigenvalue weighted by Crippen LogP contribution is -3.00. The lowest BCUT2D eigenvalue weighted by Gasteiger charge is -2.37. The van der Waals surface area contributed by atoms with Gasteiger partial charge in [0.1, 0.15) is 0 Å². The van der Waals surface area contributed by atoms with E-state index in [1.165, 1.54) is 24.2 Å². The Morgan fingerprint density at radius 2 is 1.79 bits per heavy atom. The number of quaternary nitrogens is 1. The highest BCUT2D eigenvalue weighted by molar-refractivity contribution is 5.93. The van der Waals surface area contributed by atoms with Crippen molar-refractivity contribution in [3.8, 4) is 5.75 Å². The quantitative estimate of drug-likeness (QED) is 0.492. The minimum Gasteiger partial charge on any atom is -1.00 e. The summed E-state index contributed by atoms with van der Waals surface area (Å²) < 4.78 is 6.06. The van der Waals surface area contributed by atoms with E-state index in [0.29, 0.717) is 18.0 Å². The first kappa shape index (κ1) is 20.7. The molecule has 0 aliphatic carbocycles. The molecular formula is C17H26IN3O3. The highest BCUT2D eigenvalue weighted by Crippen LogP contribution is 2.25. The molecule has 2 amide bonds. The van der Waals surface area contributed by atoms with Gasteiger partial charge < -0.3 is 43.4 Å². The lowest BCUT2D eigenvalue weighted by molar-refractivity contribution is -0.906. The fourth-order valence-corrected chi connectivity index (χ4v) is 2.81. The predicted molar refractivity (Wildman–Crippen MR) is 89.4 cm³/mol. The van der Waals surface area contributed by atoms with Crippen molar-refractivity contribution >= 4 is 17.7 Å². The third kappa shape index (κ3) is 5.94. The van der Waals surface area contributed by atoms with E-state index in [-0.39, 0.29) is 29.9 Å². The van der Waals surface area contributed by atoms with Crippen molar-refractivity contribution in [1.82, 2.24) is 4.90 Å². The Kier molecular flexibility index (Phi) is 7.95. The summed E-state index contributed by atoms with van der Waals surface area (Å²) in [6, 6.07) is 6.99. The Labute approximate surface area is 160 Å². The van der Waals surface area contributed by atoms with Crippen LogP contribution >= 0.6 is 0 Å². The molecule has 1 fully saturated rings. The normalized spacial score (nSPS) is 15.8. The van der Waals surface area contributed by atoms with E-state index in [0.717, 1.165) is 17.6 Å². The lowest BCUT2D eigenvalue weighted by atomic mass is 10.1. The van der Waals surface area contributed by atoms with Gasteiger partial charge in [-0.25, -0.2) is 4.79 Å². The van der Waals surface area contributed by atoms with Gasteiger partial charge >= 0.3 is 6.09 Å². The molecule has 1 saturated heterocycles. The number of para-hydroxylation sites is 2. The topological polar surface area (TPSA) is 58.6 Å². The first-order valence-electron chi connectivity index (χ1n) is 8.01. The number of halogens is 1. The van der Waals surface area contributed by atoms with Gasteiger partial charge in [-0.1, -0.05) is 12.1 Å². The van der Waals surface area contributed by atoms with Crippen LogP contribution in [0.3, 0.4) is 0 Å². The fourth-order valence-electron chi connectivity index (χ4n) is 2.81. The van der Waals surface area contributed by atoms with E-state index in [2.05, 4.69) is 12.4 Å². The number of nitrogens with one attached hydrogen (secondary N) is 1. The number of nitrogens with zero attached hydrogens (tertiary/aromatic N) is 2. The van der Waals surface area contributed by atoms with E-state index in [9.17, 15) is 9.59 Å². The molecule has 0 radical (unpaired) electrons. The molecule has 1 N–H and O–H groups in total. The van der Waals surface area contributed by atoms with Crippen LogP contribution in [0.1, 0.15) is 19.3 Å². The summed E-state index contributed by atoms with van der Waals surface area (Å²) in [6.45, 7) is 2.51. The van der Waals surface area contributed by atoms with E-state index in [4.69, 9.17) is 4.74 Å². The van der Waals surface area contributed by atoms with Gasteiger partial charge in [-0.2, -0.15) is 0 Å². The zero-order valence-corrected chi connectivity index (χ0v) is 16.7. The van der Waals surface area contributed by atoms with Crippen molar-refractivity contribution in [2.24, 2.45) is 0 Å². The summed E-state index contributed by atoms with van der Waals surface area (Å²) in [5, 5.41) is 2.88. The molecular weight excluding hydrogens is 421 g/mol. The van der Waals surface area contributed by atoms with E-state index in [1.54, 1.807) is 38.4 Å². The molecule has 1 aliphatic heterocycles. The van der Waals surface area contributed by atoms with Gasteiger partial charge in [0.05, 0.1) is 25.8 Å². The number of carbonyl (C=O) groups excluding carboxylic acids is 2. The average Bonchev–Trinajstić information content (AvgIpc) is 2.49. The number of hydrogen-bond donors (Lipinski definition) is 1. The van der Waals surface area contributed by atoms with Crippen LogP contribution in [-0.4, -0.2) is 62.2 Å². The number of carbonyl (C=O) groups is 2.